The molecule has 0 bridgehead atoms. The van der Waals surface area contributed by atoms with Crippen molar-refractivity contribution in [1.29, 1.82) is 0 Å². The fourth-order valence-corrected chi connectivity index (χ4v) is 5.68. The van der Waals surface area contributed by atoms with Crippen LogP contribution in [0.3, 0.4) is 0 Å². The number of carbonyl (C=O) groups excluding carboxylic acids is 2. The van der Waals surface area contributed by atoms with Crippen molar-refractivity contribution in [1.82, 2.24) is 14.5 Å². The molecule has 1 atom stereocenters. The molecule has 0 saturated carbocycles. The van der Waals surface area contributed by atoms with Crippen LogP contribution in [0.15, 0.2) is 59.0 Å². The van der Waals surface area contributed by atoms with E-state index in [9.17, 15) is 23.9 Å². The lowest BCUT2D eigenvalue weighted by Crippen LogP contribution is -2.63. The first-order valence-corrected chi connectivity index (χ1v) is 13.6. The Labute approximate surface area is 245 Å². The van der Waals surface area contributed by atoms with E-state index in [1.54, 1.807) is 4.90 Å². The molecule has 2 amide bonds. The van der Waals surface area contributed by atoms with Crippen LogP contribution in [0.1, 0.15) is 13.8 Å². The maximum absolute atomic E-state index is 15.0. The van der Waals surface area contributed by atoms with Gasteiger partial charge in [0.15, 0.2) is 5.65 Å². The Balaban J connectivity index is 1.90. The maximum atomic E-state index is 15.0. The average Bonchev–Trinajstić information content (AvgIpc) is 2.95. The van der Waals surface area contributed by atoms with Crippen molar-refractivity contribution in [2.24, 2.45) is 10.7 Å². The summed E-state index contributed by atoms with van der Waals surface area (Å²) < 4.78 is 16.2. The Morgan fingerprint density at radius 1 is 1.29 bits per heavy atom. The number of allylic oxidation sites excluding steroid dienone is 1. The Hall–Kier alpha value is -4.71. The largest absolute Gasteiger partial charge is 0.507 e. The van der Waals surface area contributed by atoms with E-state index in [1.807, 2.05) is 13.8 Å². The molecule has 2 aromatic heterocycles. The summed E-state index contributed by atoms with van der Waals surface area (Å²) >= 11 is 6.71. The lowest BCUT2D eigenvalue weighted by molar-refractivity contribution is -0.128. The van der Waals surface area contributed by atoms with Gasteiger partial charge in [0, 0.05) is 31.6 Å². The van der Waals surface area contributed by atoms with E-state index in [2.05, 4.69) is 16.6 Å². The number of halogens is 2. The van der Waals surface area contributed by atoms with E-state index in [0.29, 0.717) is 11.1 Å². The molecule has 2 aliphatic rings. The zero-order valence-corrected chi connectivity index (χ0v) is 24.0. The number of piperazine rings is 1. The van der Waals surface area contributed by atoms with Crippen molar-refractivity contribution in [2.75, 3.05) is 36.5 Å². The van der Waals surface area contributed by atoms with E-state index in [4.69, 9.17) is 17.3 Å². The Bertz CT molecular complexity index is 1750. The van der Waals surface area contributed by atoms with Gasteiger partial charge < -0.3 is 25.5 Å². The third-order valence-corrected chi connectivity index (χ3v) is 7.54. The molecule has 5 rings (SSSR count). The SMILES string of the molecule is C=CC(=O)N1CCN2c3c(c(=O)n(C(C=CN)=NC(C)C)c4nc(-c5c(O)cccc5F)c(Cl)cc34)N(C)C(=O)[C@H]2C1. The molecule has 3 aromatic rings. The van der Waals surface area contributed by atoms with Gasteiger partial charge in [0.2, 0.25) is 5.91 Å². The van der Waals surface area contributed by atoms with Crippen LogP contribution < -0.4 is 21.1 Å². The van der Waals surface area contributed by atoms with Crippen LogP contribution in [-0.2, 0) is 9.59 Å². The van der Waals surface area contributed by atoms with Crippen molar-refractivity contribution < 1.29 is 19.1 Å². The van der Waals surface area contributed by atoms with Crippen molar-refractivity contribution in [3.63, 3.8) is 0 Å². The van der Waals surface area contributed by atoms with Gasteiger partial charge in [0.1, 0.15) is 29.1 Å². The summed E-state index contributed by atoms with van der Waals surface area (Å²) in [4.78, 5) is 54.2. The third-order valence-electron chi connectivity index (χ3n) is 7.25. The highest BCUT2D eigenvalue weighted by Gasteiger charge is 2.44. The topological polar surface area (TPSA) is 137 Å². The molecule has 4 heterocycles. The highest BCUT2D eigenvalue weighted by molar-refractivity contribution is 6.34. The van der Waals surface area contributed by atoms with E-state index in [1.165, 1.54) is 58.0 Å². The number of pyridine rings is 2. The second-order valence-corrected chi connectivity index (χ2v) is 10.6. The molecule has 11 nitrogen and oxygen atoms in total. The molecule has 1 saturated heterocycles. The van der Waals surface area contributed by atoms with Crippen LogP contribution in [0.2, 0.25) is 5.02 Å². The van der Waals surface area contributed by atoms with Gasteiger partial charge in [-0.1, -0.05) is 24.2 Å². The van der Waals surface area contributed by atoms with Gasteiger partial charge in [-0.2, -0.15) is 0 Å². The molecule has 0 aliphatic carbocycles. The van der Waals surface area contributed by atoms with Crippen LogP contribution >= 0.6 is 11.6 Å². The number of rotatable bonds is 4. The molecule has 0 unspecified atom stereocenters. The lowest BCUT2D eigenvalue weighted by Gasteiger charge is -2.47. The number of anilines is 2. The molecule has 42 heavy (non-hydrogen) atoms. The van der Waals surface area contributed by atoms with Gasteiger partial charge in [-0.3, -0.25) is 19.4 Å². The number of aliphatic imine (C=N–C) groups is 1. The van der Waals surface area contributed by atoms with Crippen LogP contribution in [0, 0.1) is 5.82 Å². The van der Waals surface area contributed by atoms with E-state index in [0.717, 1.165) is 6.07 Å². The number of nitrogens with two attached hydrogens (primary N) is 1. The zero-order valence-electron chi connectivity index (χ0n) is 23.2. The number of phenols is 1. The first-order chi connectivity index (χ1) is 20.0. The molecule has 2 aliphatic heterocycles. The summed E-state index contributed by atoms with van der Waals surface area (Å²) in [5.74, 6) is -1.70. The molecule has 0 spiro atoms. The van der Waals surface area contributed by atoms with E-state index in [-0.39, 0.29) is 76.7 Å². The summed E-state index contributed by atoms with van der Waals surface area (Å²) in [6, 6.07) is 4.28. The molecular weight excluding hydrogens is 565 g/mol. The number of hydrogen-bond donors (Lipinski definition) is 2. The number of aromatic hydroxyl groups is 1. The quantitative estimate of drug-likeness (QED) is 0.270. The van der Waals surface area contributed by atoms with Gasteiger partial charge in [0.25, 0.3) is 11.5 Å². The van der Waals surface area contributed by atoms with Crippen LogP contribution in [-0.4, -0.2) is 76.0 Å². The average molecular weight is 594 g/mol. The van der Waals surface area contributed by atoms with Crippen molar-refractivity contribution in [3.05, 3.63) is 70.4 Å². The molecule has 218 valence electrons. The Morgan fingerprint density at radius 2 is 2.02 bits per heavy atom. The number of hydrogen-bond acceptors (Lipinski definition) is 8. The fourth-order valence-electron chi connectivity index (χ4n) is 5.43. The molecule has 1 fully saturated rings. The number of aromatic nitrogens is 2. The highest BCUT2D eigenvalue weighted by Crippen LogP contribution is 2.43. The number of phenolic OH excluding ortho intramolecular Hbond substituents is 1. The maximum Gasteiger partial charge on any atom is 0.284 e. The minimum absolute atomic E-state index is 0.00332. The number of nitrogens with zero attached hydrogens (tertiary/aromatic N) is 6. The van der Waals surface area contributed by atoms with E-state index >= 15 is 0 Å². The van der Waals surface area contributed by atoms with Gasteiger partial charge in [-0.25, -0.2) is 13.9 Å². The summed E-state index contributed by atoms with van der Waals surface area (Å²) in [6.45, 7) is 7.76. The summed E-state index contributed by atoms with van der Waals surface area (Å²) in [5.41, 5.74) is 5.30. The second kappa shape index (κ2) is 10.9. The highest BCUT2D eigenvalue weighted by atomic mass is 35.5. The van der Waals surface area contributed by atoms with Gasteiger partial charge in [-0.05, 0) is 50.4 Å². The van der Waals surface area contributed by atoms with Crippen LogP contribution in [0.25, 0.3) is 22.3 Å². The molecular formula is C29H29ClFN7O4. The van der Waals surface area contributed by atoms with Crippen LogP contribution in [0.4, 0.5) is 15.8 Å². The lowest BCUT2D eigenvalue weighted by atomic mass is 10.0. The Morgan fingerprint density at radius 3 is 2.67 bits per heavy atom. The standard InChI is InChI=1S/C29H29ClFN7O4/c1-5-22(40)36-11-12-37-19(14-36)28(41)35(4)26-25(37)16-13-17(30)24(23-18(31)7-6-8-20(23)39)34-27(16)38(29(26)42)21(9-10-32)33-15(2)3/h5-10,13,15,19,39H,1,11-12,14,32H2,2-4H3/t19-/m1/s1. The summed E-state index contributed by atoms with van der Waals surface area (Å²) in [6.07, 6.45) is 3.84. The minimum atomic E-state index is -0.791. The monoisotopic (exact) mass is 593 g/mol. The number of benzene rings is 1. The predicted molar refractivity (Wildman–Crippen MR) is 161 cm³/mol. The second-order valence-electron chi connectivity index (χ2n) is 10.2. The van der Waals surface area contributed by atoms with E-state index < -0.39 is 17.4 Å². The molecule has 1 aromatic carbocycles. The first kappa shape index (κ1) is 28.8. The number of carbonyl (C=O) groups is 2. The smallest absolute Gasteiger partial charge is 0.284 e. The predicted octanol–water partition coefficient (Wildman–Crippen LogP) is 2.87. The minimum Gasteiger partial charge on any atom is -0.507 e. The number of fused-ring (bicyclic) bond motifs is 5. The summed E-state index contributed by atoms with van der Waals surface area (Å²) in [5, 5.41) is 10.9. The van der Waals surface area contributed by atoms with Gasteiger partial charge in [-0.15, -0.1) is 0 Å². The number of amides is 2. The number of likely N-dealkylation sites (N-methyl/N-ethyl adjacent to an activating group) is 1. The summed E-state index contributed by atoms with van der Waals surface area (Å²) in [7, 11) is 1.49. The zero-order chi connectivity index (χ0) is 30.5. The molecule has 0 radical (unpaired) electrons. The third kappa shape index (κ3) is 4.57. The molecule has 3 N–H and O–H groups in total. The van der Waals surface area contributed by atoms with Crippen molar-refractivity contribution >= 4 is 51.7 Å². The van der Waals surface area contributed by atoms with Crippen molar-refractivity contribution in [3.8, 4) is 17.0 Å². The first-order valence-electron chi connectivity index (χ1n) is 13.2. The normalized spacial score (nSPS) is 17.3. The van der Waals surface area contributed by atoms with Gasteiger partial charge in [0.05, 0.1) is 28.5 Å². The fraction of sp³-hybridized carbons (Fsp3) is 0.276. The van der Waals surface area contributed by atoms with Crippen molar-refractivity contribution in [2.45, 2.75) is 25.9 Å². The van der Waals surface area contributed by atoms with Gasteiger partial charge >= 0.3 is 0 Å². The molecule has 13 heteroatoms. The Kier molecular flexibility index (Phi) is 7.50. The van der Waals surface area contributed by atoms with Crippen LogP contribution in [0.5, 0.6) is 5.75 Å².